The van der Waals surface area contributed by atoms with Crippen molar-refractivity contribution >= 4 is 96.5 Å². The number of hydrogen-bond donors (Lipinski definition) is 9. The number of amides is 8. The molecular weight excluding hydrogens is 1770 g/mol. The van der Waals surface area contributed by atoms with Gasteiger partial charge in [0.2, 0.25) is 0 Å². The van der Waals surface area contributed by atoms with Crippen LogP contribution in [0.2, 0.25) is 0 Å². The number of nitrogens with zero attached hydrogens (tertiary/aromatic N) is 4. The van der Waals surface area contributed by atoms with Gasteiger partial charge in [-0.2, -0.15) is 0 Å². The number of ether oxygens (including phenoxy) is 9. The van der Waals surface area contributed by atoms with Crippen LogP contribution in [0.3, 0.4) is 0 Å². The summed E-state index contributed by atoms with van der Waals surface area (Å²) in [5.74, 6) is -3.11. The summed E-state index contributed by atoms with van der Waals surface area (Å²) in [5, 5.41) is 36.7. The van der Waals surface area contributed by atoms with E-state index in [1.807, 2.05) is 6.07 Å². The fourth-order valence-corrected chi connectivity index (χ4v) is 12.3. The minimum absolute atomic E-state index is 0. The van der Waals surface area contributed by atoms with Gasteiger partial charge in [-0.05, 0) is 190 Å². The van der Waals surface area contributed by atoms with Crippen LogP contribution in [0.1, 0.15) is 149 Å². The number of carboxylic acid groups (broad SMARTS) is 3. The van der Waals surface area contributed by atoms with Crippen LogP contribution in [0.15, 0.2) is 151 Å². The van der Waals surface area contributed by atoms with Gasteiger partial charge < -0.3 is 110 Å². The first-order valence-corrected chi connectivity index (χ1v) is 40.9. The smallest absolute Gasteiger partial charge is 0.407 e. The summed E-state index contributed by atoms with van der Waals surface area (Å²) in [7, 11) is 0. The van der Waals surface area contributed by atoms with Gasteiger partial charge in [-0.3, -0.25) is 43.2 Å². The largest absolute Gasteiger partial charge is 0.489 e. The van der Waals surface area contributed by atoms with Crippen LogP contribution in [-0.4, -0.2) is 255 Å². The van der Waals surface area contributed by atoms with Crippen molar-refractivity contribution in [2.75, 3.05) is 131 Å². The van der Waals surface area contributed by atoms with Gasteiger partial charge in [-0.1, -0.05) is 30.3 Å². The molecule has 0 aliphatic carbocycles. The van der Waals surface area contributed by atoms with Crippen molar-refractivity contribution in [2.24, 2.45) is 11.5 Å². The maximum absolute atomic E-state index is 13.2. The Morgan fingerprint density at radius 3 is 0.870 bits per heavy atom. The van der Waals surface area contributed by atoms with Crippen LogP contribution in [0.25, 0.3) is 0 Å². The lowest BCUT2D eigenvalue weighted by atomic mass is 9.98. The number of halogens is 7. The Morgan fingerprint density at radius 1 is 0.389 bits per heavy atom. The highest BCUT2D eigenvalue weighted by Crippen LogP contribution is 2.30. The molecule has 716 valence electrons. The monoisotopic (exact) mass is 1880 g/mol. The first-order valence-electron chi connectivity index (χ1n) is 40.9. The Kier molecular flexibility index (Phi) is 45.3. The maximum Gasteiger partial charge on any atom is 0.407 e. The molecule has 5 aromatic carbocycles. The predicted octanol–water partition coefficient (Wildman–Crippen LogP) is 11.0. The number of nitrogens with two attached hydrogens (primary N) is 2. The average molecular weight is 1880 g/mol. The molecule has 5 aliphatic heterocycles. The van der Waals surface area contributed by atoms with Crippen LogP contribution in [0.5, 0.6) is 28.7 Å². The predicted molar refractivity (Wildman–Crippen MR) is 475 cm³/mol. The molecule has 0 saturated carbocycles. The molecular formula is C90H113Cl2F5N10O24. The fraction of sp³-hybridized carbons (Fsp3) is 0.422. The van der Waals surface area contributed by atoms with E-state index in [4.69, 9.17) is 69.4 Å². The van der Waals surface area contributed by atoms with Crippen LogP contribution in [0.4, 0.5) is 36.3 Å². The van der Waals surface area contributed by atoms with E-state index >= 15 is 0 Å². The standard InChI is InChI=1S/C22H29FN2O6.C20H25FN2O6.C18H23FN2O4.2C15H17FN2O4.2ClH/c1-5-29-19(26)13-25-9-8-16-6-7-17(10-18(16)20(25)27)30-14-15(11-23)12-24-21(28)31-22(2,3)4;1-20(2,3)29-19(27)22-10-13(9-21)12-28-15-5-4-14-6-7-23(11-17(24)25)18(26)16(14)8-15;1-18(2,3)25-17(23)21-10-12(9-19)11-24-14-5-4-13-6-7-20-16(22)15(13)8-14;2*16-6-10(7-17)9-22-12-2-1-11-3-4-18(8-14(19)20)15(21)13(11)5-12;;/h6-7,10-11H,5,8-9,12-14H2,1-4H3,(H,24,28);4-5,8-9H,6-7,10-12H2,1-3H3,(H,22,27)(H,24,25);4-5,8-9H,6-7,10-11H2,1-3H3,(H,20,22)(H,21,23);2*1-2,5-6H,3-4,7-9,17H2,(H,19,20);2*1H/b15-11+;13-9+;12-9+;2*10-6+;;. The second kappa shape index (κ2) is 53.8. The molecule has 10 rings (SSSR count). The van der Waals surface area contributed by atoms with E-state index in [2.05, 4.69) is 21.3 Å². The third kappa shape index (κ3) is 37.9. The molecule has 11 N–H and O–H groups in total. The quantitative estimate of drug-likeness (QED) is 0.0110. The molecule has 34 nitrogen and oxygen atoms in total. The summed E-state index contributed by atoms with van der Waals surface area (Å²) < 4.78 is 112. The van der Waals surface area contributed by atoms with Gasteiger partial charge in [0.1, 0.15) is 105 Å². The van der Waals surface area contributed by atoms with Crippen LogP contribution >= 0.6 is 24.8 Å². The Bertz CT molecular complexity index is 4890. The van der Waals surface area contributed by atoms with Crippen LogP contribution in [0, 0.1) is 0 Å². The second-order valence-electron chi connectivity index (χ2n) is 32.2. The van der Waals surface area contributed by atoms with Gasteiger partial charge in [-0.15, -0.1) is 24.8 Å². The SMILES string of the molecule is CC(C)(C)OC(=O)NC/C(=C\F)COc1ccc2c(c1)C(=O)N(CC(=O)O)CC2.CC(C)(C)OC(=O)NC/C(=C\F)COc1ccc2c(c1)C(=O)NCC2.CCOC(=O)CN1CCc2ccc(OC/C(=C/F)CNC(=O)OC(C)(C)C)cc2C1=O.Cl.Cl.NC/C(=C\F)COc1ccc2c(c1)C(=O)N(CC(=O)O)CC2.NC/C(=C\F)COc1ccc2c(c1)C(=O)N(CC(=O)O)CC2. The molecule has 0 unspecified atom stereocenters. The number of rotatable bonds is 32. The topological polar surface area (TPSA) is 462 Å². The molecule has 131 heavy (non-hydrogen) atoms. The van der Waals surface area contributed by atoms with Gasteiger partial charge >= 0.3 is 42.2 Å². The van der Waals surface area contributed by atoms with Crippen LogP contribution in [-0.2, 0) is 70.2 Å². The van der Waals surface area contributed by atoms with Gasteiger partial charge in [0.25, 0.3) is 29.5 Å². The molecule has 0 bridgehead atoms. The fourth-order valence-electron chi connectivity index (χ4n) is 12.3. The summed E-state index contributed by atoms with van der Waals surface area (Å²) in [6, 6.07) is 25.2. The highest BCUT2D eigenvalue weighted by Gasteiger charge is 2.32. The Hall–Kier alpha value is -13.0. The molecule has 8 amide bonds. The molecule has 5 aromatic rings. The minimum Gasteiger partial charge on any atom is -0.489 e. The minimum atomic E-state index is -1.08. The van der Waals surface area contributed by atoms with Gasteiger partial charge in [-0.25, -0.2) is 36.3 Å². The number of carbonyl (C=O) groups excluding carboxylic acids is 9. The molecule has 0 spiro atoms. The summed E-state index contributed by atoms with van der Waals surface area (Å²) in [6.07, 6.45) is 3.05. The van der Waals surface area contributed by atoms with E-state index in [0.717, 1.165) is 34.2 Å². The number of benzene rings is 5. The highest BCUT2D eigenvalue weighted by molar-refractivity contribution is 6.01. The Balaban J connectivity index is 0.000000343. The molecule has 0 fully saturated rings. The zero-order valence-electron chi connectivity index (χ0n) is 74.3. The molecule has 0 atom stereocenters. The van der Waals surface area contributed by atoms with Crippen molar-refractivity contribution in [3.8, 4) is 28.7 Å². The lowest BCUT2D eigenvalue weighted by molar-refractivity contribution is -0.144. The van der Waals surface area contributed by atoms with Gasteiger partial charge in [0.15, 0.2) is 0 Å². The van der Waals surface area contributed by atoms with Crippen molar-refractivity contribution in [1.82, 2.24) is 40.9 Å². The first-order chi connectivity index (χ1) is 61.1. The first kappa shape index (κ1) is 110. The second-order valence-corrected chi connectivity index (χ2v) is 32.2. The van der Waals surface area contributed by atoms with Gasteiger partial charge in [0.05, 0.1) is 38.3 Å². The summed E-state index contributed by atoms with van der Waals surface area (Å²) >= 11 is 0. The number of nitrogens with one attached hydrogen (secondary N) is 4. The molecule has 5 heterocycles. The van der Waals surface area contributed by atoms with Crippen molar-refractivity contribution in [2.45, 2.75) is 118 Å². The van der Waals surface area contributed by atoms with E-state index in [9.17, 15) is 79.5 Å². The number of aliphatic carboxylic acids is 3. The van der Waals surface area contributed by atoms with Crippen molar-refractivity contribution in [3.63, 3.8) is 0 Å². The third-order valence-corrected chi connectivity index (χ3v) is 18.6. The lowest BCUT2D eigenvalue weighted by Crippen LogP contribution is -2.41. The van der Waals surface area contributed by atoms with E-state index < -0.39 is 59.0 Å². The lowest BCUT2D eigenvalue weighted by Gasteiger charge is -2.28. The maximum atomic E-state index is 13.2. The molecule has 0 radical (unpaired) electrons. The molecule has 0 saturated heterocycles. The molecule has 41 heteroatoms. The summed E-state index contributed by atoms with van der Waals surface area (Å²) in [4.78, 5) is 146. The van der Waals surface area contributed by atoms with Gasteiger partial charge in [0, 0.05) is 121 Å². The number of esters is 1. The number of hydrogen-bond acceptors (Lipinski definition) is 23. The average Bonchev–Trinajstić information content (AvgIpc) is 0.821. The number of alkyl carbamates (subject to hydrolysis) is 3. The van der Waals surface area contributed by atoms with Crippen molar-refractivity contribution < 1.29 is 137 Å². The van der Waals surface area contributed by atoms with Crippen molar-refractivity contribution in [3.05, 3.63) is 206 Å². The number of carbonyl (C=O) groups is 12. The Labute approximate surface area is 766 Å². The highest BCUT2D eigenvalue weighted by atomic mass is 35.5. The third-order valence-electron chi connectivity index (χ3n) is 18.6. The Morgan fingerprint density at radius 2 is 0.634 bits per heavy atom. The molecule has 5 aliphatic rings. The zero-order chi connectivity index (χ0) is 95.3. The number of fused-ring (bicyclic) bond motifs is 5. The van der Waals surface area contributed by atoms with E-state index in [-0.39, 0.29) is 170 Å². The summed E-state index contributed by atoms with van der Waals surface area (Å²) in [6.45, 7) is 18.1. The normalized spacial score (nSPS) is 14.2. The number of carboxylic acids is 3. The van der Waals surface area contributed by atoms with E-state index in [1.54, 1.807) is 148 Å². The van der Waals surface area contributed by atoms with Crippen molar-refractivity contribution in [1.29, 1.82) is 0 Å². The van der Waals surface area contributed by atoms with Crippen LogP contribution < -0.4 is 56.4 Å². The van der Waals surface area contributed by atoms with E-state index in [1.165, 1.54) is 25.7 Å². The molecule has 0 aromatic heterocycles. The summed E-state index contributed by atoms with van der Waals surface area (Å²) in [5.41, 5.74) is 16.5. The zero-order valence-corrected chi connectivity index (χ0v) is 75.9. The van der Waals surface area contributed by atoms with E-state index in [0.29, 0.717) is 158 Å².